The summed E-state index contributed by atoms with van der Waals surface area (Å²) in [6, 6.07) is 12.6. The van der Waals surface area contributed by atoms with Crippen LogP contribution in [-0.4, -0.2) is 29.9 Å². The standard InChI is InChI=1S/C21H26N2.C6H15P.CH4.Pd/c1-14-9-7-10-15(2)20(14)22-18(5)13-19(6)23-21-16(3)11-8-12-17(21)4;1-4-7(5-2)6-3;;/h7-12H,13H2,1-6H3;4-6H2,1-3H3;1H4;/q;;;+2. The minimum Gasteiger partial charge on any atom is -0.257 e. The van der Waals surface area contributed by atoms with Gasteiger partial charge in [0.15, 0.2) is 0 Å². The molecule has 0 N–H and O–H groups in total. The molecule has 0 saturated carbocycles. The van der Waals surface area contributed by atoms with Gasteiger partial charge in [-0.25, -0.2) is 0 Å². The molecule has 0 aromatic heterocycles. The second-order valence-corrected chi connectivity index (χ2v) is 11.2. The molecule has 2 aromatic carbocycles. The van der Waals surface area contributed by atoms with Crippen LogP contribution in [0.25, 0.3) is 0 Å². The first-order chi connectivity index (χ1) is 14.2. The Bertz CT molecular complexity index is 756. The average Bonchev–Trinajstić information content (AvgIpc) is 2.70. The zero-order chi connectivity index (χ0) is 22.7. The van der Waals surface area contributed by atoms with Crippen LogP contribution >= 0.6 is 7.92 Å². The molecule has 0 spiro atoms. The molecular formula is C28H45N2PPd+2. The molecule has 2 rings (SSSR count). The maximum Gasteiger partial charge on any atom is 2.00 e. The summed E-state index contributed by atoms with van der Waals surface area (Å²) in [6.07, 6.45) is 5.05. The number of rotatable bonds is 7. The van der Waals surface area contributed by atoms with E-state index in [4.69, 9.17) is 9.98 Å². The normalized spacial score (nSPS) is 11.3. The first-order valence-electron chi connectivity index (χ1n) is 11.2. The van der Waals surface area contributed by atoms with Crippen molar-refractivity contribution in [3.05, 3.63) is 58.7 Å². The number of benzene rings is 2. The van der Waals surface area contributed by atoms with Crippen molar-refractivity contribution in [1.82, 2.24) is 0 Å². The van der Waals surface area contributed by atoms with Crippen LogP contribution in [0.4, 0.5) is 11.4 Å². The summed E-state index contributed by atoms with van der Waals surface area (Å²) in [5.74, 6) is 0. The molecule has 0 heterocycles. The van der Waals surface area contributed by atoms with E-state index in [0.717, 1.165) is 29.2 Å². The molecule has 0 atom stereocenters. The van der Waals surface area contributed by atoms with Gasteiger partial charge < -0.3 is 0 Å². The van der Waals surface area contributed by atoms with Crippen LogP contribution in [-0.2, 0) is 20.4 Å². The van der Waals surface area contributed by atoms with E-state index in [0.29, 0.717) is 7.92 Å². The Balaban J connectivity index is 0. The molecule has 0 aliphatic carbocycles. The monoisotopic (exact) mass is 546 g/mol. The van der Waals surface area contributed by atoms with E-state index in [2.05, 4.69) is 98.7 Å². The van der Waals surface area contributed by atoms with E-state index in [9.17, 15) is 0 Å². The van der Waals surface area contributed by atoms with Crippen LogP contribution in [0.15, 0.2) is 46.4 Å². The predicted molar refractivity (Wildman–Crippen MR) is 147 cm³/mol. The minimum atomic E-state index is 0. The van der Waals surface area contributed by atoms with Crippen molar-refractivity contribution in [2.45, 2.75) is 76.2 Å². The molecule has 0 aliphatic rings. The molecule has 0 fully saturated rings. The number of nitrogens with zero attached hydrogens (tertiary/aromatic N) is 2. The van der Waals surface area contributed by atoms with Crippen molar-refractivity contribution in [2.24, 2.45) is 9.98 Å². The van der Waals surface area contributed by atoms with Gasteiger partial charge >= 0.3 is 20.4 Å². The Labute approximate surface area is 213 Å². The summed E-state index contributed by atoms with van der Waals surface area (Å²) in [5, 5.41) is 0. The summed E-state index contributed by atoms with van der Waals surface area (Å²) in [5.41, 5.74) is 9.23. The first kappa shape index (κ1) is 33.0. The second-order valence-electron chi connectivity index (χ2n) is 7.97. The van der Waals surface area contributed by atoms with Gasteiger partial charge in [-0.1, -0.05) is 64.6 Å². The van der Waals surface area contributed by atoms with E-state index >= 15 is 0 Å². The van der Waals surface area contributed by atoms with Gasteiger partial charge in [0, 0.05) is 17.8 Å². The van der Waals surface area contributed by atoms with Gasteiger partial charge in [-0.3, -0.25) is 9.98 Å². The van der Waals surface area contributed by atoms with Crippen molar-refractivity contribution in [2.75, 3.05) is 18.5 Å². The summed E-state index contributed by atoms with van der Waals surface area (Å²) < 4.78 is 0. The maximum atomic E-state index is 4.82. The van der Waals surface area contributed by atoms with E-state index in [-0.39, 0.29) is 27.8 Å². The number of aliphatic imine (C=N–C) groups is 2. The quantitative estimate of drug-likeness (QED) is 0.188. The van der Waals surface area contributed by atoms with Gasteiger partial charge in [-0.2, -0.15) is 0 Å². The van der Waals surface area contributed by atoms with Gasteiger partial charge in [0.1, 0.15) is 0 Å². The Morgan fingerprint density at radius 3 is 1.16 bits per heavy atom. The van der Waals surface area contributed by atoms with E-state index in [1.165, 1.54) is 40.7 Å². The molecule has 0 bridgehead atoms. The van der Waals surface area contributed by atoms with Crippen molar-refractivity contribution in [1.29, 1.82) is 0 Å². The summed E-state index contributed by atoms with van der Waals surface area (Å²) in [7, 11) is 0.446. The van der Waals surface area contributed by atoms with Crippen molar-refractivity contribution < 1.29 is 20.4 Å². The number of hydrogen-bond donors (Lipinski definition) is 0. The molecular weight excluding hydrogens is 502 g/mol. The number of aryl methyl sites for hydroxylation is 4. The zero-order valence-corrected chi connectivity index (χ0v) is 23.4. The second kappa shape index (κ2) is 17.4. The molecule has 2 nitrogen and oxygen atoms in total. The Morgan fingerprint density at radius 1 is 0.656 bits per heavy atom. The summed E-state index contributed by atoms with van der Waals surface area (Å²) in [4.78, 5) is 9.64. The SMILES string of the molecule is C.CC(CC(C)=Nc1c(C)cccc1C)=Nc1c(C)cccc1C.CCP(CC)CC.[Pd+2]. The summed E-state index contributed by atoms with van der Waals surface area (Å²) >= 11 is 0. The fraction of sp³-hybridized carbons (Fsp3) is 0.500. The third-order valence-electron chi connectivity index (χ3n) is 5.34. The predicted octanol–water partition coefficient (Wildman–Crippen LogP) is 9.36. The van der Waals surface area contributed by atoms with Crippen LogP contribution in [0.5, 0.6) is 0 Å². The Hall–Kier alpha value is -1.13. The minimum absolute atomic E-state index is 0. The van der Waals surface area contributed by atoms with Crippen LogP contribution in [0.1, 0.15) is 70.7 Å². The van der Waals surface area contributed by atoms with Gasteiger partial charge in [0.05, 0.1) is 11.4 Å². The smallest absolute Gasteiger partial charge is 0.257 e. The van der Waals surface area contributed by atoms with Crippen molar-refractivity contribution in [3.8, 4) is 0 Å². The van der Waals surface area contributed by atoms with E-state index in [1.54, 1.807) is 0 Å². The molecule has 180 valence electrons. The Morgan fingerprint density at radius 2 is 0.938 bits per heavy atom. The third-order valence-corrected chi connectivity index (χ3v) is 8.02. The van der Waals surface area contributed by atoms with Gasteiger partial charge in [0.2, 0.25) is 0 Å². The molecule has 32 heavy (non-hydrogen) atoms. The molecule has 4 heteroatoms. The largest absolute Gasteiger partial charge is 2.00 e. The molecule has 0 aliphatic heterocycles. The van der Waals surface area contributed by atoms with Crippen LogP contribution in [0, 0.1) is 27.7 Å². The zero-order valence-electron chi connectivity index (χ0n) is 21.0. The summed E-state index contributed by atoms with van der Waals surface area (Å²) in [6.45, 7) is 19.5. The number of hydrogen-bond acceptors (Lipinski definition) is 2. The van der Waals surface area contributed by atoms with Gasteiger partial charge in [-0.05, 0) is 82.3 Å². The maximum absolute atomic E-state index is 4.82. The Kier molecular flexibility index (Phi) is 17.9. The molecule has 2 aromatic rings. The fourth-order valence-electron chi connectivity index (χ4n) is 3.47. The third kappa shape index (κ3) is 11.1. The molecule has 0 saturated heterocycles. The topological polar surface area (TPSA) is 24.7 Å². The fourth-order valence-corrected chi connectivity index (χ4v) is 4.81. The van der Waals surface area contributed by atoms with Crippen LogP contribution < -0.4 is 0 Å². The molecule has 0 radical (unpaired) electrons. The molecule has 0 unspecified atom stereocenters. The van der Waals surface area contributed by atoms with Crippen molar-refractivity contribution in [3.63, 3.8) is 0 Å². The van der Waals surface area contributed by atoms with E-state index in [1.807, 2.05) is 0 Å². The van der Waals surface area contributed by atoms with Gasteiger partial charge in [0.25, 0.3) is 0 Å². The van der Waals surface area contributed by atoms with Crippen molar-refractivity contribution >= 4 is 30.7 Å². The van der Waals surface area contributed by atoms with Crippen LogP contribution in [0.3, 0.4) is 0 Å². The molecule has 0 amide bonds. The first-order valence-corrected chi connectivity index (χ1v) is 13.1. The van der Waals surface area contributed by atoms with E-state index < -0.39 is 0 Å². The number of para-hydroxylation sites is 2. The van der Waals surface area contributed by atoms with Gasteiger partial charge in [-0.15, -0.1) is 7.92 Å². The average molecular weight is 547 g/mol. The van der Waals surface area contributed by atoms with Crippen LogP contribution in [0.2, 0.25) is 0 Å².